The molecule has 8 heteroatoms. The van der Waals surface area contributed by atoms with Crippen molar-refractivity contribution in [2.45, 2.75) is 57.5 Å². The van der Waals surface area contributed by atoms with Crippen molar-refractivity contribution in [1.82, 2.24) is 14.9 Å². The summed E-state index contributed by atoms with van der Waals surface area (Å²) in [6.07, 6.45) is 12.1. The van der Waals surface area contributed by atoms with Crippen LogP contribution in [-0.4, -0.2) is 45.1 Å². The first-order chi connectivity index (χ1) is 16.9. The molecule has 0 aromatic carbocycles. The first-order valence-corrected chi connectivity index (χ1v) is 13.2. The molecular formula is C27H35N5O2S. The monoisotopic (exact) mass is 493 g/mol. The van der Waals surface area contributed by atoms with Crippen LogP contribution in [0, 0.1) is 5.92 Å². The fraction of sp³-hybridized carbons (Fsp3) is 0.444. The van der Waals surface area contributed by atoms with E-state index >= 15 is 0 Å². The summed E-state index contributed by atoms with van der Waals surface area (Å²) in [5.74, 6) is 1.50. The van der Waals surface area contributed by atoms with Crippen LogP contribution in [0.4, 0.5) is 5.82 Å². The molecule has 0 unspecified atom stereocenters. The third-order valence-electron chi connectivity index (χ3n) is 6.78. The van der Waals surface area contributed by atoms with Gasteiger partial charge in [-0.05, 0) is 81.5 Å². The number of thiazole rings is 1. The molecule has 2 aliphatic rings. The molecule has 4 N–H and O–H groups in total. The molecule has 1 aliphatic heterocycles. The quantitative estimate of drug-likeness (QED) is 0.478. The minimum atomic E-state index is -0.251. The van der Waals surface area contributed by atoms with E-state index in [4.69, 9.17) is 15.7 Å². The lowest BCUT2D eigenvalue weighted by Gasteiger charge is -2.34. The molecule has 1 aliphatic carbocycles. The number of carbonyl (C=O) groups is 1. The molecule has 2 fully saturated rings. The van der Waals surface area contributed by atoms with Crippen molar-refractivity contribution in [3.05, 3.63) is 65.6 Å². The number of carbonyl (C=O) groups excluding carboxylic acids is 1. The van der Waals surface area contributed by atoms with Gasteiger partial charge in [0.25, 0.3) is 0 Å². The van der Waals surface area contributed by atoms with Gasteiger partial charge in [-0.1, -0.05) is 12.6 Å². The first kappa shape index (κ1) is 25.1. The minimum Gasteiger partial charge on any atom is -0.405 e. The van der Waals surface area contributed by atoms with Gasteiger partial charge in [0.1, 0.15) is 5.82 Å². The van der Waals surface area contributed by atoms with Crippen molar-refractivity contribution in [3.8, 4) is 10.6 Å². The third-order valence-corrected chi connectivity index (χ3v) is 7.96. The van der Waals surface area contributed by atoms with Crippen molar-refractivity contribution < 1.29 is 9.90 Å². The summed E-state index contributed by atoms with van der Waals surface area (Å²) < 4.78 is 0. The number of nitrogens with two attached hydrogens (primary N) is 1. The highest BCUT2D eigenvalue weighted by Gasteiger charge is 2.32. The Hall–Kier alpha value is -2.97. The van der Waals surface area contributed by atoms with Crippen molar-refractivity contribution in [2.75, 3.05) is 18.4 Å². The lowest BCUT2D eigenvalue weighted by Crippen LogP contribution is -2.43. The van der Waals surface area contributed by atoms with E-state index in [0.717, 1.165) is 58.3 Å². The van der Waals surface area contributed by atoms with Crippen LogP contribution in [0.2, 0.25) is 0 Å². The number of aliphatic hydroxyl groups excluding tert-OH is 1. The number of nitrogens with zero attached hydrogens (tertiary/aromatic N) is 3. The van der Waals surface area contributed by atoms with Crippen LogP contribution in [0.1, 0.15) is 56.4 Å². The fourth-order valence-electron chi connectivity index (χ4n) is 4.84. The van der Waals surface area contributed by atoms with Crippen LogP contribution in [0.15, 0.2) is 60.6 Å². The Morgan fingerprint density at radius 2 is 1.97 bits per heavy atom. The number of likely N-dealkylation sites (tertiary alicyclic amines) is 1. The second kappa shape index (κ2) is 11.6. The molecule has 2 aromatic rings. The molecular weight excluding hydrogens is 458 g/mol. The Kier molecular flexibility index (Phi) is 8.36. The van der Waals surface area contributed by atoms with Crippen LogP contribution in [0.3, 0.4) is 0 Å². The molecule has 2 aromatic heterocycles. The highest BCUT2D eigenvalue weighted by molar-refractivity contribution is 7.15. The second-order valence-electron chi connectivity index (χ2n) is 9.47. The summed E-state index contributed by atoms with van der Waals surface area (Å²) in [6, 6.07) is 5.89. The summed E-state index contributed by atoms with van der Waals surface area (Å²) in [5, 5.41) is 14.1. The molecule has 4 rings (SSSR count). The number of piperidine rings is 1. The average molecular weight is 494 g/mol. The summed E-state index contributed by atoms with van der Waals surface area (Å²) in [6.45, 7) is 7.37. The van der Waals surface area contributed by atoms with Crippen molar-refractivity contribution in [3.63, 3.8) is 0 Å². The molecule has 1 amide bonds. The van der Waals surface area contributed by atoms with E-state index in [1.807, 2.05) is 48.4 Å². The summed E-state index contributed by atoms with van der Waals surface area (Å²) in [4.78, 5) is 25.3. The van der Waals surface area contributed by atoms with Gasteiger partial charge >= 0.3 is 0 Å². The Morgan fingerprint density at radius 1 is 1.23 bits per heavy atom. The summed E-state index contributed by atoms with van der Waals surface area (Å²) in [5.41, 5.74) is 8.06. The number of anilines is 1. The molecule has 7 nitrogen and oxygen atoms in total. The maximum Gasteiger partial charge on any atom is 0.225 e. The molecule has 35 heavy (non-hydrogen) atoms. The third kappa shape index (κ3) is 6.58. The highest BCUT2D eigenvalue weighted by atomic mass is 32.1. The van der Waals surface area contributed by atoms with Crippen LogP contribution in [0.25, 0.3) is 10.6 Å². The predicted molar refractivity (Wildman–Crippen MR) is 142 cm³/mol. The van der Waals surface area contributed by atoms with E-state index in [1.165, 1.54) is 6.20 Å². The van der Waals surface area contributed by atoms with Gasteiger partial charge in [-0.25, -0.2) is 9.97 Å². The van der Waals surface area contributed by atoms with E-state index < -0.39 is 0 Å². The molecule has 0 spiro atoms. The van der Waals surface area contributed by atoms with Crippen molar-refractivity contribution in [2.24, 2.45) is 11.7 Å². The van der Waals surface area contributed by atoms with Crippen LogP contribution in [-0.2, 0) is 4.79 Å². The van der Waals surface area contributed by atoms with Gasteiger partial charge in [-0.15, -0.1) is 11.3 Å². The number of rotatable bonds is 7. The SMILES string of the molecule is C=C(/C=C(C)\C=C/N)Nc1cccc(-c2cnc(C3CCC(C(=O)N4CCC(O)CC4)CC3)s2)n1. The Balaban J connectivity index is 1.34. The molecule has 0 bridgehead atoms. The topological polar surface area (TPSA) is 104 Å². The van der Waals surface area contributed by atoms with Crippen LogP contribution in [0.5, 0.6) is 0 Å². The molecule has 186 valence electrons. The van der Waals surface area contributed by atoms with Gasteiger partial charge in [0.15, 0.2) is 0 Å². The minimum absolute atomic E-state index is 0.108. The van der Waals surface area contributed by atoms with E-state index in [9.17, 15) is 9.90 Å². The molecule has 3 heterocycles. The van der Waals surface area contributed by atoms with Crippen LogP contribution < -0.4 is 11.1 Å². The number of hydrogen-bond donors (Lipinski definition) is 3. The van der Waals surface area contributed by atoms with E-state index in [-0.39, 0.29) is 17.9 Å². The maximum absolute atomic E-state index is 12.9. The largest absolute Gasteiger partial charge is 0.405 e. The van der Waals surface area contributed by atoms with Gasteiger partial charge in [0.2, 0.25) is 5.91 Å². The lowest BCUT2D eigenvalue weighted by atomic mass is 9.81. The van der Waals surface area contributed by atoms with Crippen molar-refractivity contribution >= 4 is 23.1 Å². The normalized spacial score (nSPS) is 21.9. The molecule has 0 radical (unpaired) electrons. The number of amides is 1. The van der Waals surface area contributed by atoms with E-state index in [1.54, 1.807) is 11.3 Å². The van der Waals surface area contributed by atoms with E-state index in [0.29, 0.717) is 31.8 Å². The Bertz CT molecular complexity index is 1090. The molecule has 1 saturated carbocycles. The van der Waals surface area contributed by atoms with Gasteiger partial charge in [-0.2, -0.15) is 0 Å². The molecule has 1 saturated heterocycles. The Morgan fingerprint density at radius 3 is 2.69 bits per heavy atom. The number of aliphatic hydroxyl groups is 1. The van der Waals surface area contributed by atoms with Gasteiger partial charge in [-0.3, -0.25) is 4.79 Å². The smallest absolute Gasteiger partial charge is 0.225 e. The summed E-state index contributed by atoms with van der Waals surface area (Å²) in [7, 11) is 0. The lowest BCUT2D eigenvalue weighted by molar-refractivity contribution is -0.138. The van der Waals surface area contributed by atoms with E-state index in [2.05, 4.69) is 11.9 Å². The zero-order chi connectivity index (χ0) is 24.8. The van der Waals surface area contributed by atoms with Gasteiger partial charge in [0, 0.05) is 36.8 Å². The fourth-order valence-corrected chi connectivity index (χ4v) is 5.90. The predicted octanol–water partition coefficient (Wildman–Crippen LogP) is 4.81. The first-order valence-electron chi connectivity index (χ1n) is 12.4. The maximum atomic E-state index is 12.9. The second-order valence-corrected chi connectivity index (χ2v) is 10.5. The zero-order valence-corrected chi connectivity index (χ0v) is 21.1. The van der Waals surface area contributed by atoms with Crippen molar-refractivity contribution in [1.29, 1.82) is 0 Å². The molecule has 0 atom stereocenters. The standard InChI is InChI=1S/C27H35N5O2S/c1-18(10-13-28)16-19(2)30-25-5-3-4-23(31-25)24-17-29-26(35-24)20-6-8-21(9-7-20)27(34)32-14-11-22(33)12-15-32/h3-5,10,13,16-17,20-22,33H,2,6-9,11-12,14-15,28H2,1H3,(H,30,31)/b13-10-,18-16-. The zero-order valence-electron chi connectivity index (χ0n) is 20.3. The number of aromatic nitrogens is 2. The number of pyridine rings is 1. The Labute approximate surface area is 211 Å². The van der Waals surface area contributed by atoms with Crippen LogP contribution >= 0.6 is 11.3 Å². The van der Waals surface area contributed by atoms with Gasteiger partial charge in [0.05, 0.1) is 21.7 Å². The number of nitrogens with one attached hydrogen (secondary N) is 1. The summed E-state index contributed by atoms with van der Waals surface area (Å²) >= 11 is 1.69. The van der Waals surface area contributed by atoms with Gasteiger partial charge < -0.3 is 21.1 Å². The number of hydrogen-bond acceptors (Lipinski definition) is 7. The highest BCUT2D eigenvalue weighted by Crippen LogP contribution is 2.40. The average Bonchev–Trinajstić information content (AvgIpc) is 3.35. The number of allylic oxidation sites excluding steroid dienone is 3.